The van der Waals surface area contributed by atoms with Crippen molar-refractivity contribution in [1.29, 1.82) is 0 Å². The lowest BCUT2D eigenvalue weighted by atomic mass is 10.1. The van der Waals surface area contributed by atoms with Crippen LogP contribution < -0.4 is 4.74 Å². The zero-order chi connectivity index (χ0) is 14.0. The summed E-state index contributed by atoms with van der Waals surface area (Å²) in [5.74, 6) is 0.134. The highest BCUT2D eigenvalue weighted by Crippen LogP contribution is 2.33. The van der Waals surface area contributed by atoms with Gasteiger partial charge in [0.1, 0.15) is 5.75 Å². The number of benzene rings is 1. The number of rotatable bonds is 4. The van der Waals surface area contributed by atoms with Crippen molar-refractivity contribution in [2.24, 2.45) is 7.05 Å². The molecule has 19 heavy (non-hydrogen) atoms. The summed E-state index contributed by atoms with van der Waals surface area (Å²) in [6.07, 6.45) is 0.787. The van der Waals surface area contributed by atoms with Gasteiger partial charge in [-0.1, -0.05) is 22.9 Å². The van der Waals surface area contributed by atoms with E-state index in [0.717, 1.165) is 17.8 Å². The van der Waals surface area contributed by atoms with E-state index in [-0.39, 0.29) is 5.75 Å². The van der Waals surface area contributed by atoms with E-state index in [2.05, 4.69) is 25.8 Å². The van der Waals surface area contributed by atoms with Crippen LogP contribution in [0.3, 0.4) is 0 Å². The second kappa shape index (κ2) is 5.69. The minimum Gasteiger partial charge on any atom is -0.434 e. The predicted octanol–water partition coefficient (Wildman–Crippen LogP) is 4.01. The van der Waals surface area contributed by atoms with Crippen LogP contribution in [0.2, 0.25) is 0 Å². The summed E-state index contributed by atoms with van der Waals surface area (Å²) >= 11 is 3.25. The smallest absolute Gasteiger partial charge is 0.387 e. The number of ether oxygens (including phenoxy) is 1. The lowest BCUT2D eigenvalue weighted by Gasteiger charge is -2.11. The minimum absolute atomic E-state index is 0.134. The van der Waals surface area contributed by atoms with Crippen LogP contribution in [0.1, 0.15) is 12.6 Å². The first-order valence-electron chi connectivity index (χ1n) is 5.79. The van der Waals surface area contributed by atoms with Crippen LogP contribution >= 0.6 is 15.9 Å². The standard InChI is InChI=1S/C13H13BrF2N2O/c1-3-9-7-11(18(2)17-9)10-5-4-8(14)6-12(10)19-13(15)16/h4-7,13H,3H2,1-2H3. The topological polar surface area (TPSA) is 27.1 Å². The Morgan fingerprint density at radius 1 is 1.37 bits per heavy atom. The van der Waals surface area contributed by atoms with Gasteiger partial charge >= 0.3 is 6.61 Å². The van der Waals surface area contributed by atoms with E-state index in [0.29, 0.717) is 10.0 Å². The Hall–Kier alpha value is -1.43. The lowest BCUT2D eigenvalue weighted by Crippen LogP contribution is -2.04. The zero-order valence-corrected chi connectivity index (χ0v) is 12.1. The molecular formula is C13H13BrF2N2O. The third-order valence-corrected chi connectivity index (χ3v) is 3.22. The van der Waals surface area contributed by atoms with Crippen LogP contribution in [-0.4, -0.2) is 16.4 Å². The van der Waals surface area contributed by atoms with Crippen LogP contribution in [-0.2, 0) is 13.5 Å². The molecule has 1 aromatic carbocycles. The molecule has 6 heteroatoms. The Morgan fingerprint density at radius 2 is 2.11 bits per heavy atom. The maximum absolute atomic E-state index is 12.5. The Labute approximate surface area is 118 Å². The van der Waals surface area contributed by atoms with Gasteiger partial charge in [-0.25, -0.2) is 0 Å². The van der Waals surface area contributed by atoms with Crippen molar-refractivity contribution in [3.8, 4) is 17.0 Å². The second-order valence-corrected chi connectivity index (χ2v) is 4.93. The molecule has 0 amide bonds. The van der Waals surface area contributed by atoms with Crippen LogP contribution in [0.5, 0.6) is 5.75 Å². The normalized spacial score (nSPS) is 11.1. The minimum atomic E-state index is -2.85. The average molecular weight is 331 g/mol. The summed E-state index contributed by atoms with van der Waals surface area (Å²) in [7, 11) is 1.78. The van der Waals surface area contributed by atoms with E-state index in [9.17, 15) is 8.78 Å². The van der Waals surface area contributed by atoms with E-state index >= 15 is 0 Å². The van der Waals surface area contributed by atoms with Gasteiger partial charge in [-0.15, -0.1) is 0 Å². The molecule has 0 saturated carbocycles. The first kappa shape index (κ1) is 14.0. The number of nitrogens with zero attached hydrogens (tertiary/aromatic N) is 2. The van der Waals surface area contributed by atoms with Crippen molar-refractivity contribution < 1.29 is 13.5 Å². The molecule has 1 heterocycles. The van der Waals surface area contributed by atoms with Crippen LogP contribution in [0.25, 0.3) is 11.3 Å². The van der Waals surface area contributed by atoms with E-state index < -0.39 is 6.61 Å². The molecule has 3 nitrogen and oxygen atoms in total. The van der Waals surface area contributed by atoms with E-state index in [1.165, 1.54) is 6.07 Å². The van der Waals surface area contributed by atoms with Gasteiger partial charge in [0, 0.05) is 17.1 Å². The van der Waals surface area contributed by atoms with E-state index in [1.54, 1.807) is 23.9 Å². The van der Waals surface area contributed by atoms with Crippen molar-refractivity contribution in [2.45, 2.75) is 20.0 Å². The van der Waals surface area contributed by atoms with Crippen LogP contribution in [0.4, 0.5) is 8.78 Å². The largest absolute Gasteiger partial charge is 0.434 e. The summed E-state index contributed by atoms with van der Waals surface area (Å²) in [6, 6.07) is 6.92. The Morgan fingerprint density at radius 3 is 2.68 bits per heavy atom. The Bertz CT molecular complexity index is 584. The molecule has 0 atom stereocenters. The van der Waals surface area contributed by atoms with Gasteiger partial charge in [0.2, 0.25) is 0 Å². The Balaban J connectivity index is 2.50. The average Bonchev–Trinajstić information content (AvgIpc) is 2.70. The first-order chi connectivity index (χ1) is 9.01. The highest BCUT2D eigenvalue weighted by molar-refractivity contribution is 9.10. The molecule has 102 valence electrons. The maximum atomic E-state index is 12.5. The lowest BCUT2D eigenvalue weighted by molar-refractivity contribution is -0.0495. The number of aromatic nitrogens is 2. The summed E-state index contributed by atoms with van der Waals surface area (Å²) in [6.45, 7) is -0.864. The van der Waals surface area contributed by atoms with Crippen LogP contribution in [0.15, 0.2) is 28.7 Å². The van der Waals surface area contributed by atoms with Crippen molar-refractivity contribution in [3.63, 3.8) is 0 Å². The predicted molar refractivity (Wildman–Crippen MR) is 72.4 cm³/mol. The fourth-order valence-electron chi connectivity index (χ4n) is 1.85. The van der Waals surface area contributed by atoms with E-state index in [4.69, 9.17) is 0 Å². The van der Waals surface area contributed by atoms with Gasteiger partial charge in [0.25, 0.3) is 0 Å². The summed E-state index contributed by atoms with van der Waals surface area (Å²) in [4.78, 5) is 0. The summed E-state index contributed by atoms with van der Waals surface area (Å²) < 4.78 is 31.8. The molecule has 0 aliphatic rings. The molecule has 1 aromatic heterocycles. The molecule has 0 spiro atoms. The van der Waals surface area contributed by atoms with Gasteiger partial charge in [0.05, 0.1) is 11.4 Å². The second-order valence-electron chi connectivity index (χ2n) is 4.02. The molecule has 0 N–H and O–H groups in total. The molecule has 0 radical (unpaired) electrons. The number of hydrogen-bond donors (Lipinski definition) is 0. The summed E-state index contributed by atoms with van der Waals surface area (Å²) in [5, 5.41) is 4.31. The molecule has 0 aliphatic heterocycles. The number of hydrogen-bond acceptors (Lipinski definition) is 2. The number of halogens is 3. The third kappa shape index (κ3) is 3.12. The first-order valence-corrected chi connectivity index (χ1v) is 6.58. The SMILES string of the molecule is CCc1cc(-c2ccc(Br)cc2OC(F)F)n(C)n1. The molecule has 0 fully saturated rings. The van der Waals surface area contributed by atoms with Gasteiger partial charge in [-0.3, -0.25) is 4.68 Å². The van der Waals surface area contributed by atoms with Gasteiger partial charge < -0.3 is 4.74 Å². The quantitative estimate of drug-likeness (QED) is 0.846. The maximum Gasteiger partial charge on any atom is 0.387 e. The molecule has 2 rings (SSSR count). The Kier molecular flexibility index (Phi) is 4.19. The van der Waals surface area contributed by atoms with Crippen molar-refractivity contribution >= 4 is 15.9 Å². The fraction of sp³-hybridized carbons (Fsp3) is 0.308. The number of aryl methyl sites for hydroxylation is 2. The highest BCUT2D eigenvalue weighted by atomic mass is 79.9. The highest BCUT2D eigenvalue weighted by Gasteiger charge is 2.15. The van der Waals surface area contributed by atoms with Crippen molar-refractivity contribution in [3.05, 3.63) is 34.4 Å². The molecular weight excluding hydrogens is 318 g/mol. The summed E-state index contributed by atoms with van der Waals surface area (Å²) in [5.41, 5.74) is 2.25. The number of alkyl halides is 2. The van der Waals surface area contributed by atoms with Crippen molar-refractivity contribution in [1.82, 2.24) is 9.78 Å². The van der Waals surface area contributed by atoms with E-state index in [1.807, 2.05) is 13.0 Å². The zero-order valence-electron chi connectivity index (χ0n) is 10.5. The molecule has 0 bridgehead atoms. The van der Waals surface area contributed by atoms with Gasteiger partial charge in [-0.05, 0) is 30.7 Å². The molecule has 0 unspecified atom stereocenters. The monoisotopic (exact) mass is 330 g/mol. The van der Waals surface area contributed by atoms with Crippen LogP contribution in [0, 0.1) is 0 Å². The molecule has 0 saturated heterocycles. The molecule has 2 aromatic rings. The van der Waals surface area contributed by atoms with Crippen molar-refractivity contribution in [2.75, 3.05) is 0 Å². The van der Waals surface area contributed by atoms with Gasteiger partial charge in [0.15, 0.2) is 0 Å². The fourth-order valence-corrected chi connectivity index (χ4v) is 2.19. The third-order valence-electron chi connectivity index (χ3n) is 2.73. The molecule has 0 aliphatic carbocycles. The van der Waals surface area contributed by atoms with Gasteiger partial charge in [-0.2, -0.15) is 13.9 Å².